The van der Waals surface area contributed by atoms with Crippen LogP contribution < -0.4 is 10.1 Å². The zero-order valence-electron chi connectivity index (χ0n) is 19.0. The second-order valence-electron chi connectivity index (χ2n) is 8.29. The van der Waals surface area contributed by atoms with Crippen molar-refractivity contribution in [2.24, 2.45) is 0 Å². The topological polar surface area (TPSA) is 63.7 Å². The molecule has 1 N–H and O–H groups in total. The minimum atomic E-state index is -0.157. The molecule has 4 rings (SSSR count). The van der Waals surface area contributed by atoms with Crippen molar-refractivity contribution >= 4 is 17.2 Å². The van der Waals surface area contributed by atoms with E-state index in [0.717, 1.165) is 55.3 Å². The summed E-state index contributed by atoms with van der Waals surface area (Å²) in [6.07, 6.45) is 2.90. The maximum atomic E-state index is 12.6. The van der Waals surface area contributed by atoms with Gasteiger partial charge in [-0.15, -0.1) is 11.3 Å². The zero-order valence-corrected chi connectivity index (χ0v) is 19.9. The molecule has 3 aromatic rings. The average Bonchev–Trinajstić information content (AvgIpc) is 3.32. The molecule has 1 aromatic heterocycles. The van der Waals surface area contributed by atoms with Crippen LogP contribution in [0.25, 0.3) is 0 Å². The summed E-state index contributed by atoms with van der Waals surface area (Å²) in [5, 5.41) is 5.73. The minimum absolute atomic E-state index is 0.157. The lowest BCUT2D eigenvalue weighted by Crippen LogP contribution is -2.38. The first-order chi connectivity index (χ1) is 16.2. The molecule has 2 heterocycles. The van der Waals surface area contributed by atoms with Crippen LogP contribution in [0.4, 0.5) is 0 Å². The second-order valence-corrected chi connectivity index (χ2v) is 9.23. The molecule has 33 heavy (non-hydrogen) atoms. The zero-order chi connectivity index (χ0) is 22.9. The molecule has 1 saturated heterocycles. The molecule has 7 heteroatoms. The smallest absolute Gasteiger partial charge is 0.271 e. The van der Waals surface area contributed by atoms with Crippen molar-refractivity contribution < 1.29 is 14.3 Å². The van der Waals surface area contributed by atoms with E-state index >= 15 is 0 Å². The normalized spacial score (nSPS) is 14.4. The number of benzene rings is 2. The van der Waals surface area contributed by atoms with Crippen molar-refractivity contribution in [1.82, 2.24) is 15.2 Å². The first-order valence-electron chi connectivity index (χ1n) is 11.4. The Labute approximate surface area is 199 Å². The average molecular weight is 466 g/mol. The number of thiazole rings is 1. The predicted octanol–water partition coefficient (Wildman–Crippen LogP) is 4.15. The van der Waals surface area contributed by atoms with Crippen LogP contribution in [0.15, 0.2) is 60.0 Å². The summed E-state index contributed by atoms with van der Waals surface area (Å²) < 4.78 is 11.4. The monoisotopic (exact) mass is 465 g/mol. The van der Waals surface area contributed by atoms with Crippen LogP contribution in [0.3, 0.4) is 0 Å². The molecule has 0 radical (unpaired) electrons. The highest BCUT2D eigenvalue weighted by atomic mass is 32.1. The van der Waals surface area contributed by atoms with Gasteiger partial charge in [-0.2, -0.15) is 0 Å². The molecule has 1 fully saturated rings. The van der Waals surface area contributed by atoms with Gasteiger partial charge in [0.05, 0.1) is 5.01 Å². The van der Waals surface area contributed by atoms with Gasteiger partial charge >= 0.3 is 0 Å². The molecule has 6 nitrogen and oxygen atoms in total. The Kier molecular flexibility index (Phi) is 8.47. The maximum Gasteiger partial charge on any atom is 0.271 e. The molecule has 1 amide bonds. The standard InChI is InChI=1S/C26H31N3O3S/c1-29(22-10-13-31-14-11-22)12-15-32-23-9-5-8-21(16-23)18-27-26(30)24-19-33-25(28-24)17-20-6-3-2-4-7-20/h2-9,16,19,22H,10-15,17-18H2,1H3,(H,27,30). The Bertz CT molecular complexity index is 1020. The van der Waals surface area contributed by atoms with E-state index in [1.165, 1.54) is 16.9 Å². The predicted molar refractivity (Wildman–Crippen MR) is 131 cm³/mol. The number of carbonyl (C=O) groups is 1. The summed E-state index contributed by atoms with van der Waals surface area (Å²) in [7, 11) is 2.15. The minimum Gasteiger partial charge on any atom is -0.492 e. The Morgan fingerprint density at radius 1 is 1.15 bits per heavy atom. The number of rotatable bonds is 10. The highest BCUT2D eigenvalue weighted by molar-refractivity contribution is 7.09. The van der Waals surface area contributed by atoms with Gasteiger partial charge in [0.25, 0.3) is 5.91 Å². The summed E-state index contributed by atoms with van der Waals surface area (Å²) in [4.78, 5) is 19.4. The molecule has 1 aliphatic rings. The van der Waals surface area contributed by atoms with Gasteiger partial charge in [0.1, 0.15) is 18.1 Å². The van der Waals surface area contributed by atoms with E-state index in [1.54, 1.807) is 0 Å². The molecule has 2 aromatic carbocycles. The number of nitrogens with one attached hydrogen (secondary N) is 1. The Morgan fingerprint density at radius 2 is 1.94 bits per heavy atom. The van der Waals surface area contributed by atoms with Crippen LogP contribution in [0.5, 0.6) is 5.75 Å². The van der Waals surface area contributed by atoms with Crippen LogP contribution >= 0.6 is 11.3 Å². The number of amides is 1. The molecule has 0 spiro atoms. The largest absolute Gasteiger partial charge is 0.492 e. The number of likely N-dealkylation sites (N-methyl/N-ethyl adjacent to an activating group) is 1. The number of carbonyl (C=O) groups excluding carboxylic acids is 1. The molecular weight excluding hydrogens is 434 g/mol. The SMILES string of the molecule is CN(CCOc1cccc(CNC(=O)c2csc(Cc3ccccc3)n2)c1)C1CCOCC1. The number of hydrogen-bond donors (Lipinski definition) is 1. The van der Waals surface area contributed by atoms with Crippen molar-refractivity contribution in [1.29, 1.82) is 0 Å². The van der Waals surface area contributed by atoms with Crippen molar-refractivity contribution in [3.63, 3.8) is 0 Å². The molecule has 0 aliphatic carbocycles. The van der Waals surface area contributed by atoms with E-state index in [0.29, 0.717) is 24.9 Å². The molecule has 0 unspecified atom stereocenters. The van der Waals surface area contributed by atoms with Crippen molar-refractivity contribution in [2.45, 2.75) is 31.8 Å². The lowest BCUT2D eigenvalue weighted by Gasteiger charge is -2.31. The number of hydrogen-bond acceptors (Lipinski definition) is 6. The third kappa shape index (κ3) is 7.12. The van der Waals surface area contributed by atoms with Crippen LogP contribution in [-0.4, -0.2) is 55.2 Å². The Balaban J connectivity index is 1.22. The third-order valence-electron chi connectivity index (χ3n) is 5.86. The third-order valence-corrected chi connectivity index (χ3v) is 6.71. The summed E-state index contributed by atoms with van der Waals surface area (Å²) in [6.45, 7) is 3.63. The molecular formula is C26H31N3O3S. The highest BCUT2D eigenvalue weighted by Crippen LogP contribution is 2.17. The van der Waals surface area contributed by atoms with E-state index in [9.17, 15) is 4.79 Å². The molecule has 174 valence electrons. The van der Waals surface area contributed by atoms with Crippen molar-refractivity contribution in [3.8, 4) is 5.75 Å². The number of ether oxygens (including phenoxy) is 2. The molecule has 0 atom stereocenters. The van der Waals surface area contributed by atoms with E-state index in [1.807, 2.05) is 47.8 Å². The van der Waals surface area contributed by atoms with Crippen LogP contribution in [0.1, 0.15) is 39.5 Å². The first-order valence-corrected chi connectivity index (χ1v) is 12.3. The molecule has 0 bridgehead atoms. The van der Waals surface area contributed by atoms with Crippen molar-refractivity contribution in [3.05, 3.63) is 81.8 Å². The fourth-order valence-electron chi connectivity index (χ4n) is 3.90. The first kappa shape index (κ1) is 23.4. The number of aromatic nitrogens is 1. The maximum absolute atomic E-state index is 12.6. The summed E-state index contributed by atoms with van der Waals surface area (Å²) in [5.74, 6) is 0.663. The van der Waals surface area contributed by atoms with Gasteiger partial charge in [-0.3, -0.25) is 9.69 Å². The summed E-state index contributed by atoms with van der Waals surface area (Å²) in [6, 6.07) is 18.6. The van der Waals surface area contributed by atoms with Gasteiger partial charge in [-0.1, -0.05) is 42.5 Å². The Morgan fingerprint density at radius 3 is 2.76 bits per heavy atom. The van der Waals surface area contributed by atoms with Gasteiger partial charge in [0.15, 0.2) is 0 Å². The fourth-order valence-corrected chi connectivity index (χ4v) is 4.71. The molecule has 1 aliphatic heterocycles. The van der Waals surface area contributed by atoms with E-state index in [-0.39, 0.29) is 5.91 Å². The van der Waals surface area contributed by atoms with E-state index < -0.39 is 0 Å². The lowest BCUT2D eigenvalue weighted by molar-refractivity contribution is 0.0392. The van der Waals surface area contributed by atoms with Gasteiger partial charge < -0.3 is 14.8 Å². The fraction of sp³-hybridized carbons (Fsp3) is 0.385. The molecule has 0 saturated carbocycles. The summed E-state index contributed by atoms with van der Waals surface area (Å²) >= 11 is 1.52. The summed E-state index contributed by atoms with van der Waals surface area (Å²) in [5.41, 5.74) is 2.66. The van der Waals surface area contributed by atoms with Gasteiger partial charge in [0, 0.05) is 44.1 Å². The van der Waals surface area contributed by atoms with E-state index in [4.69, 9.17) is 9.47 Å². The number of nitrogens with zero attached hydrogens (tertiary/aromatic N) is 2. The van der Waals surface area contributed by atoms with Crippen LogP contribution in [-0.2, 0) is 17.7 Å². The second kappa shape index (κ2) is 11.9. The van der Waals surface area contributed by atoms with Crippen molar-refractivity contribution in [2.75, 3.05) is 33.4 Å². The van der Waals surface area contributed by atoms with Crippen LogP contribution in [0.2, 0.25) is 0 Å². The lowest BCUT2D eigenvalue weighted by atomic mass is 10.1. The van der Waals surface area contributed by atoms with Crippen LogP contribution in [0, 0.1) is 0 Å². The van der Waals surface area contributed by atoms with Gasteiger partial charge in [0.2, 0.25) is 0 Å². The van der Waals surface area contributed by atoms with Gasteiger partial charge in [-0.05, 0) is 43.1 Å². The van der Waals surface area contributed by atoms with E-state index in [2.05, 4.69) is 34.4 Å². The quantitative estimate of drug-likeness (QED) is 0.487. The van der Waals surface area contributed by atoms with Gasteiger partial charge in [-0.25, -0.2) is 4.98 Å². The Hall–Kier alpha value is -2.74. The highest BCUT2D eigenvalue weighted by Gasteiger charge is 2.18.